The van der Waals surface area contributed by atoms with Crippen molar-refractivity contribution >= 4 is 46.6 Å². The molecular formula is C30H31Cl2N3O4. The molecule has 1 aliphatic carbocycles. The molecule has 0 radical (unpaired) electrons. The molecule has 3 aliphatic heterocycles. The fourth-order valence-corrected chi connectivity index (χ4v) is 6.95. The molecule has 0 unspecified atom stereocenters. The van der Waals surface area contributed by atoms with E-state index in [1.807, 2.05) is 43.3 Å². The molecule has 9 heteroatoms. The van der Waals surface area contributed by atoms with Gasteiger partial charge in [-0.3, -0.25) is 14.4 Å². The second kappa shape index (κ2) is 10.3. The summed E-state index contributed by atoms with van der Waals surface area (Å²) in [6.07, 6.45) is 8.22. The number of benzene rings is 2. The minimum atomic E-state index is -1.20. The normalized spacial score (nSPS) is 29.5. The van der Waals surface area contributed by atoms with Crippen LogP contribution in [0.25, 0.3) is 0 Å². The quantitative estimate of drug-likeness (QED) is 0.478. The Balaban J connectivity index is 1.32. The van der Waals surface area contributed by atoms with E-state index in [0.29, 0.717) is 15.7 Å². The number of ether oxygens (including phenoxy) is 1. The molecule has 204 valence electrons. The smallest absolute Gasteiger partial charge is 0.246 e. The molecule has 3 fully saturated rings. The first-order valence-electron chi connectivity index (χ1n) is 13.6. The van der Waals surface area contributed by atoms with Crippen molar-refractivity contribution in [3.05, 3.63) is 75.8 Å². The Kier molecular flexibility index (Phi) is 6.94. The van der Waals surface area contributed by atoms with Gasteiger partial charge in [0.2, 0.25) is 17.7 Å². The first-order chi connectivity index (χ1) is 18.8. The number of carbonyl (C=O) groups excluding carboxylic acids is 3. The molecule has 5 atom stereocenters. The molecule has 7 nitrogen and oxygen atoms in total. The number of halogens is 2. The minimum absolute atomic E-state index is 0.0781. The van der Waals surface area contributed by atoms with Crippen molar-refractivity contribution in [3.8, 4) is 0 Å². The number of nitrogens with one attached hydrogen (secondary N) is 2. The summed E-state index contributed by atoms with van der Waals surface area (Å²) < 4.78 is 6.44. The number of hydrogen-bond donors (Lipinski definition) is 2. The Bertz CT molecular complexity index is 1340. The van der Waals surface area contributed by atoms with Crippen LogP contribution in [-0.2, 0) is 25.7 Å². The first kappa shape index (κ1) is 26.4. The van der Waals surface area contributed by atoms with Gasteiger partial charge in [-0.05, 0) is 43.5 Å². The van der Waals surface area contributed by atoms with Crippen LogP contribution in [0, 0.1) is 18.8 Å². The molecule has 1 spiro atoms. The zero-order valence-electron chi connectivity index (χ0n) is 21.7. The summed E-state index contributed by atoms with van der Waals surface area (Å²) in [5, 5.41) is 6.79. The molecule has 6 rings (SSSR count). The van der Waals surface area contributed by atoms with Crippen LogP contribution in [0.5, 0.6) is 0 Å². The molecule has 0 aromatic heterocycles. The fraction of sp³-hybridized carbons (Fsp3) is 0.433. The highest BCUT2D eigenvalue weighted by molar-refractivity contribution is 6.42. The average molecular weight is 569 g/mol. The lowest BCUT2D eigenvalue weighted by Crippen LogP contribution is -2.56. The van der Waals surface area contributed by atoms with Gasteiger partial charge in [-0.2, -0.15) is 0 Å². The van der Waals surface area contributed by atoms with Gasteiger partial charge in [0.1, 0.15) is 11.6 Å². The monoisotopic (exact) mass is 567 g/mol. The molecule has 2 bridgehead atoms. The summed E-state index contributed by atoms with van der Waals surface area (Å²) in [6, 6.07) is 11.9. The highest BCUT2D eigenvalue weighted by Gasteiger charge is 2.72. The van der Waals surface area contributed by atoms with Crippen LogP contribution in [0.4, 0.5) is 5.69 Å². The van der Waals surface area contributed by atoms with E-state index in [0.717, 1.165) is 36.8 Å². The number of carbonyl (C=O) groups is 3. The van der Waals surface area contributed by atoms with Crippen molar-refractivity contribution in [1.29, 1.82) is 0 Å². The molecule has 39 heavy (non-hydrogen) atoms. The second-order valence-electron chi connectivity index (χ2n) is 11.1. The number of nitrogens with zero attached hydrogens (tertiary/aromatic N) is 1. The van der Waals surface area contributed by atoms with E-state index >= 15 is 0 Å². The van der Waals surface area contributed by atoms with Crippen LogP contribution in [-0.4, -0.2) is 46.4 Å². The van der Waals surface area contributed by atoms with Crippen molar-refractivity contribution in [2.45, 2.75) is 69.4 Å². The SMILES string of the molecule is Cc1ccc(CN2C(=O)[C@H]3[C@@H](C(=O)Nc4ccc(Cl)c(Cl)c4)[C@H]4C=C[C@@]3(O4)[C@@H]2C(=O)NC2CCCCC2)cc1. The highest BCUT2D eigenvalue weighted by Crippen LogP contribution is 2.55. The van der Waals surface area contributed by atoms with Gasteiger partial charge in [0.25, 0.3) is 0 Å². The summed E-state index contributed by atoms with van der Waals surface area (Å²) in [4.78, 5) is 43.3. The number of likely N-dealkylation sites (tertiary alicyclic amines) is 1. The third kappa shape index (κ3) is 4.64. The van der Waals surface area contributed by atoms with Gasteiger partial charge in [0.05, 0.1) is 28.0 Å². The number of aryl methyl sites for hydroxylation is 1. The number of fused-ring (bicyclic) bond motifs is 1. The number of rotatable bonds is 6. The number of hydrogen-bond acceptors (Lipinski definition) is 4. The first-order valence-corrected chi connectivity index (χ1v) is 14.3. The molecule has 2 saturated heterocycles. The largest absolute Gasteiger partial charge is 0.359 e. The molecule has 2 N–H and O–H groups in total. The Morgan fingerprint density at radius 1 is 1.03 bits per heavy atom. The van der Waals surface area contributed by atoms with Gasteiger partial charge < -0.3 is 20.3 Å². The molecule has 4 aliphatic rings. The van der Waals surface area contributed by atoms with E-state index < -0.39 is 29.6 Å². The van der Waals surface area contributed by atoms with E-state index in [1.165, 1.54) is 6.42 Å². The second-order valence-corrected chi connectivity index (χ2v) is 11.9. The summed E-state index contributed by atoms with van der Waals surface area (Å²) in [7, 11) is 0. The molecule has 3 amide bonds. The van der Waals surface area contributed by atoms with Crippen LogP contribution in [0.1, 0.15) is 43.2 Å². The Morgan fingerprint density at radius 2 is 1.77 bits per heavy atom. The zero-order valence-corrected chi connectivity index (χ0v) is 23.2. The Labute approximate surface area is 237 Å². The Hall–Kier alpha value is -2.87. The topological polar surface area (TPSA) is 87.7 Å². The van der Waals surface area contributed by atoms with Gasteiger partial charge in [0, 0.05) is 18.3 Å². The van der Waals surface area contributed by atoms with Crippen LogP contribution < -0.4 is 10.6 Å². The van der Waals surface area contributed by atoms with E-state index in [1.54, 1.807) is 23.1 Å². The number of anilines is 1. The standard InChI is InChI=1S/C30H31Cl2N3O4/c1-17-7-9-18(10-8-17)16-35-26(28(37)33-19-5-3-2-4-6-19)30-14-13-23(39-30)24(25(30)29(35)38)27(36)34-20-11-12-21(31)22(32)15-20/h7-15,19,23-26H,2-6,16H2,1H3,(H,33,37)(H,34,36)/t23-,24+,25-,26+,30+/m1/s1. The summed E-state index contributed by atoms with van der Waals surface area (Å²) in [5.74, 6) is -2.43. The fourth-order valence-electron chi connectivity index (χ4n) is 6.65. The van der Waals surface area contributed by atoms with Gasteiger partial charge in [0.15, 0.2) is 0 Å². The molecule has 1 saturated carbocycles. The molecule has 3 heterocycles. The van der Waals surface area contributed by atoms with Crippen LogP contribution in [0.2, 0.25) is 10.0 Å². The Morgan fingerprint density at radius 3 is 2.49 bits per heavy atom. The average Bonchev–Trinajstić information content (AvgIpc) is 3.56. The number of amides is 3. The lowest BCUT2D eigenvalue weighted by atomic mass is 9.74. The van der Waals surface area contributed by atoms with Gasteiger partial charge in [-0.15, -0.1) is 0 Å². The predicted octanol–water partition coefficient (Wildman–Crippen LogP) is 5.04. The van der Waals surface area contributed by atoms with Crippen LogP contribution >= 0.6 is 23.2 Å². The van der Waals surface area contributed by atoms with Gasteiger partial charge in [-0.1, -0.05) is 84.4 Å². The summed E-state index contributed by atoms with van der Waals surface area (Å²) in [6.45, 7) is 2.26. The summed E-state index contributed by atoms with van der Waals surface area (Å²) >= 11 is 12.2. The van der Waals surface area contributed by atoms with E-state index in [2.05, 4.69) is 10.6 Å². The minimum Gasteiger partial charge on any atom is -0.359 e. The summed E-state index contributed by atoms with van der Waals surface area (Å²) in [5.41, 5.74) is 1.29. The van der Waals surface area contributed by atoms with E-state index in [4.69, 9.17) is 27.9 Å². The zero-order chi connectivity index (χ0) is 27.3. The van der Waals surface area contributed by atoms with Crippen LogP contribution in [0.3, 0.4) is 0 Å². The molecule has 2 aromatic carbocycles. The van der Waals surface area contributed by atoms with Crippen molar-refractivity contribution in [3.63, 3.8) is 0 Å². The molecular weight excluding hydrogens is 537 g/mol. The van der Waals surface area contributed by atoms with Gasteiger partial charge >= 0.3 is 0 Å². The van der Waals surface area contributed by atoms with E-state index in [-0.39, 0.29) is 30.3 Å². The highest BCUT2D eigenvalue weighted by atomic mass is 35.5. The maximum absolute atomic E-state index is 14.1. The predicted molar refractivity (Wildman–Crippen MR) is 149 cm³/mol. The van der Waals surface area contributed by atoms with Gasteiger partial charge in [-0.25, -0.2) is 0 Å². The third-order valence-electron chi connectivity index (χ3n) is 8.54. The van der Waals surface area contributed by atoms with Crippen molar-refractivity contribution in [2.24, 2.45) is 11.8 Å². The maximum Gasteiger partial charge on any atom is 0.246 e. The lowest BCUT2D eigenvalue weighted by molar-refractivity contribution is -0.142. The van der Waals surface area contributed by atoms with Crippen molar-refractivity contribution in [2.75, 3.05) is 5.32 Å². The maximum atomic E-state index is 14.1. The van der Waals surface area contributed by atoms with Crippen LogP contribution in [0.15, 0.2) is 54.6 Å². The van der Waals surface area contributed by atoms with Crippen molar-refractivity contribution < 1.29 is 19.1 Å². The lowest BCUT2D eigenvalue weighted by Gasteiger charge is -2.34. The molecule has 2 aromatic rings. The van der Waals surface area contributed by atoms with Crippen molar-refractivity contribution in [1.82, 2.24) is 10.2 Å². The van der Waals surface area contributed by atoms with E-state index in [9.17, 15) is 14.4 Å². The third-order valence-corrected chi connectivity index (χ3v) is 9.28.